The van der Waals surface area contributed by atoms with E-state index in [-0.39, 0.29) is 17.0 Å². The van der Waals surface area contributed by atoms with Gasteiger partial charge in [0.05, 0.1) is 6.61 Å². The summed E-state index contributed by atoms with van der Waals surface area (Å²) in [5.41, 5.74) is 5.99. The van der Waals surface area contributed by atoms with Crippen LogP contribution in [0, 0.1) is 17.6 Å². The van der Waals surface area contributed by atoms with Gasteiger partial charge in [-0.25, -0.2) is 8.78 Å². The van der Waals surface area contributed by atoms with Crippen LogP contribution in [-0.2, 0) is 0 Å². The van der Waals surface area contributed by atoms with Crippen LogP contribution < -0.4 is 10.5 Å². The summed E-state index contributed by atoms with van der Waals surface area (Å²) < 4.78 is 32.3. The lowest BCUT2D eigenvalue weighted by molar-refractivity contribution is 0.270. The van der Waals surface area contributed by atoms with Crippen molar-refractivity contribution in [1.82, 2.24) is 0 Å². The Hall–Kier alpha value is -1.23. The molecule has 1 aromatic rings. The minimum absolute atomic E-state index is 0.208. The van der Waals surface area contributed by atoms with Gasteiger partial charge in [-0.3, -0.25) is 0 Å². The SMILES string of the molecule is N/C(=C\S)c1cc(F)c(OCC2CC2)c(F)c1. The second-order valence-electron chi connectivity index (χ2n) is 4.11. The third kappa shape index (κ3) is 2.91. The Morgan fingerprint density at radius 1 is 1.41 bits per heavy atom. The number of hydrogen-bond acceptors (Lipinski definition) is 3. The molecule has 17 heavy (non-hydrogen) atoms. The molecule has 0 bridgehead atoms. The zero-order valence-electron chi connectivity index (χ0n) is 9.12. The molecule has 2 rings (SSSR count). The largest absolute Gasteiger partial charge is 0.487 e. The van der Waals surface area contributed by atoms with Crippen LogP contribution in [0.3, 0.4) is 0 Å². The lowest BCUT2D eigenvalue weighted by Crippen LogP contribution is -2.05. The minimum atomic E-state index is -0.737. The van der Waals surface area contributed by atoms with Crippen molar-refractivity contribution in [2.75, 3.05) is 6.61 Å². The Morgan fingerprint density at radius 3 is 2.47 bits per heavy atom. The standard InChI is InChI=1S/C12H13F2NOS/c13-9-3-8(11(15)6-17)4-10(14)12(9)16-5-7-1-2-7/h3-4,6-7,17H,1-2,5,15H2/b11-6-. The first kappa shape index (κ1) is 12.2. The molecular formula is C12H13F2NOS. The van der Waals surface area contributed by atoms with E-state index in [9.17, 15) is 8.78 Å². The van der Waals surface area contributed by atoms with Crippen LogP contribution >= 0.6 is 12.6 Å². The maximum atomic E-state index is 13.6. The van der Waals surface area contributed by atoms with Crippen LogP contribution in [0.5, 0.6) is 5.75 Å². The fourth-order valence-corrected chi connectivity index (χ4v) is 1.57. The second kappa shape index (κ2) is 4.96. The third-order valence-corrected chi connectivity index (χ3v) is 2.91. The zero-order valence-corrected chi connectivity index (χ0v) is 10.0. The number of thiol groups is 1. The van der Waals surface area contributed by atoms with Crippen LogP contribution in [0.4, 0.5) is 8.78 Å². The monoisotopic (exact) mass is 257 g/mol. The van der Waals surface area contributed by atoms with Gasteiger partial charge in [0.25, 0.3) is 0 Å². The van der Waals surface area contributed by atoms with Gasteiger partial charge >= 0.3 is 0 Å². The first-order valence-electron chi connectivity index (χ1n) is 5.34. The average molecular weight is 257 g/mol. The van der Waals surface area contributed by atoms with Crippen LogP contribution in [0.15, 0.2) is 17.5 Å². The highest BCUT2D eigenvalue weighted by Crippen LogP contribution is 2.31. The first-order valence-corrected chi connectivity index (χ1v) is 5.85. The normalized spacial score (nSPS) is 16.1. The van der Waals surface area contributed by atoms with Gasteiger partial charge in [0, 0.05) is 11.3 Å². The summed E-state index contributed by atoms with van der Waals surface area (Å²) in [6, 6.07) is 2.29. The Balaban J connectivity index is 2.21. The van der Waals surface area contributed by atoms with Crippen LogP contribution in [0.1, 0.15) is 18.4 Å². The van der Waals surface area contributed by atoms with Gasteiger partial charge in [0.15, 0.2) is 17.4 Å². The molecule has 1 aromatic carbocycles. The van der Waals surface area contributed by atoms with E-state index >= 15 is 0 Å². The number of ether oxygens (including phenoxy) is 1. The fraction of sp³-hybridized carbons (Fsp3) is 0.333. The molecule has 0 unspecified atom stereocenters. The molecule has 1 aliphatic carbocycles. The van der Waals surface area contributed by atoms with Crippen molar-refractivity contribution in [1.29, 1.82) is 0 Å². The Bertz CT molecular complexity index is 435. The van der Waals surface area contributed by atoms with E-state index in [0.717, 1.165) is 25.0 Å². The summed E-state index contributed by atoms with van der Waals surface area (Å²) in [4.78, 5) is 0. The predicted molar refractivity (Wildman–Crippen MR) is 65.7 cm³/mol. The molecule has 0 aliphatic heterocycles. The number of nitrogens with two attached hydrogens (primary N) is 1. The molecule has 0 amide bonds. The maximum absolute atomic E-state index is 13.6. The lowest BCUT2D eigenvalue weighted by atomic mass is 10.1. The smallest absolute Gasteiger partial charge is 0.190 e. The van der Waals surface area contributed by atoms with Crippen LogP contribution in [-0.4, -0.2) is 6.61 Å². The Kier molecular flexibility index (Phi) is 3.57. The van der Waals surface area contributed by atoms with Gasteiger partial charge < -0.3 is 10.5 Å². The van der Waals surface area contributed by atoms with Crippen molar-refractivity contribution in [2.24, 2.45) is 11.7 Å². The van der Waals surface area contributed by atoms with Crippen LogP contribution in [0.25, 0.3) is 5.70 Å². The van der Waals surface area contributed by atoms with E-state index < -0.39 is 11.6 Å². The van der Waals surface area contributed by atoms with Gasteiger partial charge in [0.1, 0.15) is 0 Å². The zero-order chi connectivity index (χ0) is 12.4. The molecule has 2 nitrogen and oxygen atoms in total. The quantitative estimate of drug-likeness (QED) is 0.813. The average Bonchev–Trinajstić information content (AvgIpc) is 3.10. The van der Waals surface area contributed by atoms with E-state index in [4.69, 9.17) is 10.5 Å². The highest BCUT2D eigenvalue weighted by Gasteiger charge is 2.23. The molecule has 2 N–H and O–H groups in total. The second-order valence-corrected chi connectivity index (χ2v) is 4.37. The summed E-state index contributed by atoms with van der Waals surface area (Å²) in [6.45, 7) is 0.366. The van der Waals surface area contributed by atoms with E-state index in [1.165, 1.54) is 5.41 Å². The minimum Gasteiger partial charge on any atom is -0.487 e. The van der Waals surface area contributed by atoms with Crippen molar-refractivity contribution >= 4 is 18.3 Å². The molecule has 0 atom stereocenters. The summed E-state index contributed by atoms with van der Waals surface area (Å²) in [5, 5.41) is 1.29. The topological polar surface area (TPSA) is 35.2 Å². The number of rotatable bonds is 4. The maximum Gasteiger partial charge on any atom is 0.190 e. The van der Waals surface area contributed by atoms with E-state index in [0.29, 0.717) is 12.5 Å². The fourth-order valence-electron chi connectivity index (χ4n) is 1.42. The summed E-state index contributed by atoms with van der Waals surface area (Å²) in [6.07, 6.45) is 2.13. The lowest BCUT2D eigenvalue weighted by Gasteiger charge is -2.09. The number of hydrogen-bond donors (Lipinski definition) is 2. The van der Waals surface area contributed by atoms with E-state index in [1.807, 2.05) is 0 Å². The molecule has 92 valence electrons. The summed E-state index contributed by atoms with van der Waals surface area (Å²) in [5.74, 6) is -1.36. The van der Waals surface area contributed by atoms with Crippen LogP contribution in [0.2, 0.25) is 0 Å². The molecule has 1 fully saturated rings. The van der Waals surface area contributed by atoms with E-state index in [2.05, 4.69) is 12.6 Å². The predicted octanol–water partition coefficient (Wildman–Crippen LogP) is 2.94. The van der Waals surface area contributed by atoms with Gasteiger partial charge in [-0.05, 0) is 36.3 Å². The first-order chi connectivity index (χ1) is 8.11. The number of benzene rings is 1. The van der Waals surface area contributed by atoms with Crippen molar-refractivity contribution in [3.8, 4) is 5.75 Å². The number of halogens is 2. The van der Waals surface area contributed by atoms with Crippen molar-refractivity contribution < 1.29 is 13.5 Å². The van der Waals surface area contributed by atoms with Crippen molar-refractivity contribution in [2.45, 2.75) is 12.8 Å². The molecule has 0 aromatic heterocycles. The highest BCUT2D eigenvalue weighted by atomic mass is 32.1. The molecule has 0 radical (unpaired) electrons. The molecule has 0 heterocycles. The summed E-state index contributed by atoms with van der Waals surface area (Å²) >= 11 is 3.83. The molecule has 5 heteroatoms. The van der Waals surface area contributed by atoms with Crippen molar-refractivity contribution in [3.05, 3.63) is 34.7 Å². The molecule has 0 saturated heterocycles. The third-order valence-electron chi connectivity index (χ3n) is 2.63. The van der Waals surface area contributed by atoms with Gasteiger partial charge in [-0.1, -0.05) is 0 Å². The van der Waals surface area contributed by atoms with Gasteiger partial charge in [-0.2, -0.15) is 0 Å². The van der Waals surface area contributed by atoms with Crippen molar-refractivity contribution in [3.63, 3.8) is 0 Å². The molecule has 0 spiro atoms. The summed E-state index contributed by atoms with van der Waals surface area (Å²) in [7, 11) is 0. The molecular weight excluding hydrogens is 244 g/mol. The van der Waals surface area contributed by atoms with E-state index in [1.54, 1.807) is 0 Å². The molecule has 1 aliphatic rings. The Morgan fingerprint density at radius 2 is 2.00 bits per heavy atom. The highest BCUT2D eigenvalue weighted by molar-refractivity contribution is 7.83. The van der Waals surface area contributed by atoms with Gasteiger partial charge in [0.2, 0.25) is 0 Å². The molecule has 1 saturated carbocycles. The Labute approximate surface area is 104 Å². The van der Waals surface area contributed by atoms with Gasteiger partial charge in [-0.15, -0.1) is 12.6 Å².